The number of aliphatic hydroxyl groups is 5. The first-order valence-electron chi connectivity index (χ1n) is 14.4. The number of hydrogen-bond acceptors (Lipinski definition) is 18. The summed E-state index contributed by atoms with van der Waals surface area (Å²) >= 11 is 0. The van der Waals surface area contributed by atoms with Crippen molar-refractivity contribution in [2.45, 2.75) is 55.7 Å². The number of primary amides is 2. The second-order valence-electron chi connectivity index (χ2n) is 10.4. The highest BCUT2D eigenvalue weighted by atomic mass is 16.6. The van der Waals surface area contributed by atoms with E-state index in [4.69, 9.17) is 35.5 Å². The molecule has 2 amide bonds. The minimum absolute atomic E-state index is 0.254. The zero-order valence-corrected chi connectivity index (χ0v) is 25.4. The molecule has 0 aliphatic carbocycles. The number of nitrogens with zero attached hydrogens (tertiary/aromatic N) is 6. The second kappa shape index (κ2) is 16.9. The highest BCUT2D eigenvalue weighted by molar-refractivity contribution is 5.88. The Morgan fingerprint density at radius 3 is 1.63 bits per heavy atom. The summed E-state index contributed by atoms with van der Waals surface area (Å²) in [5, 5.41) is 55.9. The van der Waals surface area contributed by atoms with Gasteiger partial charge in [0.1, 0.15) is 75.7 Å². The molecule has 0 spiro atoms. The average Bonchev–Trinajstić information content (AvgIpc) is 3.88. The number of aliphatic hydroxyl groups excluding tert-OH is 5. The largest absolute Gasteiger partial charge is 0.461 e. The summed E-state index contributed by atoms with van der Waals surface area (Å²) in [5.74, 6) is -3.74. The van der Waals surface area contributed by atoms with E-state index in [1.807, 2.05) is 30.3 Å². The molecule has 8 atom stereocenters. The zero-order chi connectivity index (χ0) is 35.7. The predicted octanol–water partition coefficient (Wildman–Crippen LogP) is -4.71. The summed E-state index contributed by atoms with van der Waals surface area (Å²) < 4.78 is 27.8. The van der Waals surface area contributed by atoms with Gasteiger partial charge in [-0.25, -0.2) is 28.9 Å². The average molecular weight is 695 g/mol. The van der Waals surface area contributed by atoms with Crippen LogP contribution in [0.1, 0.15) is 39.3 Å². The third-order valence-electron chi connectivity index (χ3n) is 6.93. The van der Waals surface area contributed by atoms with Gasteiger partial charge in [-0.05, 0) is 5.56 Å². The van der Waals surface area contributed by atoms with Crippen molar-refractivity contribution < 1.29 is 68.4 Å². The first-order chi connectivity index (χ1) is 23.4. The molecule has 0 radical (unpaired) electrons. The Kier molecular flexibility index (Phi) is 12.8. The maximum Gasteiger partial charge on any atom is 0.332 e. The van der Waals surface area contributed by atoms with Gasteiger partial charge in [0.05, 0.1) is 6.61 Å². The van der Waals surface area contributed by atoms with E-state index in [-0.39, 0.29) is 38.1 Å². The van der Waals surface area contributed by atoms with Crippen molar-refractivity contribution >= 4 is 23.8 Å². The molecule has 3 aromatic rings. The molecule has 49 heavy (non-hydrogen) atoms. The van der Waals surface area contributed by atoms with Crippen LogP contribution in [0, 0.1) is 0 Å². The Morgan fingerprint density at radius 2 is 1.20 bits per heavy atom. The minimum atomic E-state index is -1.37. The third kappa shape index (κ3) is 9.58. The summed E-state index contributed by atoms with van der Waals surface area (Å²) in [6.45, 7) is -1.46. The lowest BCUT2D eigenvalue weighted by Crippen LogP contribution is -2.34. The van der Waals surface area contributed by atoms with Crippen LogP contribution in [-0.4, -0.2) is 142 Å². The molecule has 22 nitrogen and oxygen atoms in total. The number of carbonyl (C=O) groups excluding carboxylic acids is 4. The summed E-state index contributed by atoms with van der Waals surface area (Å²) in [6, 6.07) is 9.32. The van der Waals surface area contributed by atoms with Crippen molar-refractivity contribution in [2.75, 3.05) is 26.4 Å². The zero-order valence-electron chi connectivity index (χ0n) is 25.4. The van der Waals surface area contributed by atoms with Crippen molar-refractivity contribution in [3.63, 3.8) is 0 Å². The van der Waals surface area contributed by atoms with Gasteiger partial charge in [0.15, 0.2) is 12.5 Å². The van der Waals surface area contributed by atoms with Crippen LogP contribution in [0.25, 0.3) is 0 Å². The Labute approximate surface area is 275 Å². The highest BCUT2D eigenvalue weighted by Gasteiger charge is 2.46. The number of esters is 2. The number of aromatic nitrogens is 6. The van der Waals surface area contributed by atoms with Crippen LogP contribution in [-0.2, 0) is 39.9 Å². The smallest absolute Gasteiger partial charge is 0.332 e. The molecule has 0 bridgehead atoms. The SMILES string of the molecule is NC(=O)c1ncn([C@@H]2O[C@H](COC(=O)CO)[C@@H](O)C2O)n1.NC(=O)c1ncn([C@@H]2O[C@H](COC(=O)COCc3ccccc3)[C@@H](O)C2O)n1. The van der Waals surface area contributed by atoms with E-state index in [1.165, 1.54) is 0 Å². The van der Waals surface area contributed by atoms with Gasteiger partial charge >= 0.3 is 11.9 Å². The van der Waals surface area contributed by atoms with Crippen LogP contribution in [0.3, 0.4) is 0 Å². The van der Waals surface area contributed by atoms with Gasteiger partial charge in [-0.3, -0.25) is 9.59 Å². The molecule has 2 unspecified atom stereocenters. The van der Waals surface area contributed by atoms with Gasteiger partial charge in [0, 0.05) is 0 Å². The maximum atomic E-state index is 11.8. The molecule has 1 aromatic carbocycles. The van der Waals surface area contributed by atoms with Gasteiger partial charge in [-0.15, -0.1) is 10.2 Å². The molecule has 2 aromatic heterocycles. The second-order valence-corrected chi connectivity index (χ2v) is 10.4. The van der Waals surface area contributed by atoms with Gasteiger partial charge < -0.3 is 60.7 Å². The van der Waals surface area contributed by atoms with E-state index in [9.17, 15) is 39.6 Å². The first-order valence-corrected chi connectivity index (χ1v) is 14.4. The molecular formula is C27H34N8O14. The fourth-order valence-electron chi connectivity index (χ4n) is 4.46. The standard InChI is InChI=1S/C17H20N4O7.C10H14N4O7/c18-15(25)16-19-9-21(20-16)17-14(24)13(23)11(28-17)7-27-12(22)8-26-6-10-4-2-1-3-5-10;11-8(19)9-12-3-14(13-9)10-7(18)6(17)4(21-10)2-20-5(16)1-15/h1-5,9,11,13-14,17,23-24H,6-8H2,(H2,18,25);3-4,6-7,10,15,17-18H,1-2H2,(H2,11,19)/t11-,13-,14?,17-;4-,6-,7?,10-/m11/s1. The highest BCUT2D eigenvalue weighted by Crippen LogP contribution is 2.30. The molecule has 9 N–H and O–H groups in total. The lowest BCUT2D eigenvalue weighted by molar-refractivity contribution is -0.156. The Bertz CT molecular complexity index is 1570. The minimum Gasteiger partial charge on any atom is -0.461 e. The quantitative estimate of drug-likeness (QED) is 0.0826. The molecule has 2 fully saturated rings. The van der Waals surface area contributed by atoms with Gasteiger partial charge in [0.2, 0.25) is 11.6 Å². The lowest BCUT2D eigenvalue weighted by atomic mass is 10.1. The first kappa shape index (κ1) is 36.9. The number of ether oxygens (including phenoxy) is 5. The fraction of sp³-hybridized carbons (Fsp3) is 0.481. The fourth-order valence-corrected chi connectivity index (χ4v) is 4.46. The van der Waals surface area contributed by atoms with Crippen LogP contribution >= 0.6 is 0 Å². The van der Waals surface area contributed by atoms with Gasteiger partial charge in [0.25, 0.3) is 11.8 Å². The maximum absolute atomic E-state index is 11.8. The van der Waals surface area contributed by atoms with Crippen LogP contribution in [0.4, 0.5) is 0 Å². The molecular weight excluding hydrogens is 660 g/mol. The van der Waals surface area contributed by atoms with Crippen molar-refractivity contribution in [2.24, 2.45) is 11.5 Å². The molecule has 5 rings (SSSR count). The number of carbonyl (C=O) groups is 4. The van der Waals surface area contributed by atoms with Crippen molar-refractivity contribution in [3.05, 3.63) is 60.2 Å². The summed E-state index contributed by atoms with van der Waals surface area (Å²) in [6.07, 6.45) is -7.36. The Hall–Kier alpha value is -4.94. The van der Waals surface area contributed by atoms with E-state index in [1.54, 1.807) is 0 Å². The monoisotopic (exact) mass is 694 g/mol. The van der Waals surface area contributed by atoms with Crippen molar-refractivity contribution in [1.82, 2.24) is 29.5 Å². The molecule has 2 saturated heterocycles. The summed E-state index contributed by atoms with van der Waals surface area (Å²) in [4.78, 5) is 51.9. The van der Waals surface area contributed by atoms with E-state index < -0.39 is 79.4 Å². The van der Waals surface area contributed by atoms with Gasteiger partial charge in [-0.2, -0.15) is 0 Å². The third-order valence-corrected chi connectivity index (χ3v) is 6.93. The number of benzene rings is 1. The Morgan fingerprint density at radius 1 is 0.735 bits per heavy atom. The van der Waals surface area contributed by atoms with E-state index in [0.29, 0.717) is 0 Å². The number of rotatable bonds is 13. The van der Waals surface area contributed by atoms with Gasteiger partial charge in [-0.1, -0.05) is 30.3 Å². The van der Waals surface area contributed by atoms with Crippen LogP contribution in [0.2, 0.25) is 0 Å². The van der Waals surface area contributed by atoms with Crippen LogP contribution < -0.4 is 11.5 Å². The van der Waals surface area contributed by atoms with E-state index >= 15 is 0 Å². The molecule has 2 aliphatic rings. The van der Waals surface area contributed by atoms with Crippen molar-refractivity contribution in [1.29, 1.82) is 0 Å². The van der Waals surface area contributed by atoms with Crippen LogP contribution in [0.15, 0.2) is 43.0 Å². The molecule has 2 aliphatic heterocycles. The number of hydrogen-bond donors (Lipinski definition) is 7. The van der Waals surface area contributed by atoms with E-state index in [2.05, 4.69) is 24.9 Å². The Balaban J connectivity index is 0.000000230. The summed E-state index contributed by atoms with van der Waals surface area (Å²) in [7, 11) is 0. The number of nitrogens with two attached hydrogens (primary N) is 2. The topological polar surface area (TPSA) is 329 Å². The van der Waals surface area contributed by atoms with E-state index in [0.717, 1.165) is 27.6 Å². The number of amides is 2. The normalized spacial score (nSPS) is 26.1. The van der Waals surface area contributed by atoms with Crippen molar-refractivity contribution in [3.8, 4) is 0 Å². The lowest BCUT2D eigenvalue weighted by Gasteiger charge is -2.14. The molecule has 266 valence electrons. The van der Waals surface area contributed by atoms with Crippen LogP contribution in [0.5, 0.6) is 0 Å². The molecule has 0 saturated carbocycles. The molecule has 4 heterocycles. The molecule has 22 heteroatoms. The predicted molar refractivity (Wildman–Crippen MR) is 154 cm³/mol. The summed E-state index contributed by atoms with van der Waals surface area (Å²) in [5.41, 5.74) is 11.0.